The fourth-order valence-electron chi connectivity index (χ4n) is 5.03. The molecule has 10 heteroatoms. The van der Waals surface area contributed by atoms with Crippen LogP contribution in [0.4, 0.5) is 5.82 Å². The molecule has 10 nitrogen and oxygen atoms in total. The Bertz CT molecular complexity index is 1580. The van der Waals surface area contributed by atoms with E-state index >= 15 is 0 Å². The van der Waals surface area contributed by atoms with Gasteiger partial charge in [0.15, 0.2) is 0 Å². The van der Waals surface area contributed by atoms with Crippen LogP contribution in [0.25, 0.3) is 33.1 Å². The maximum Gasteiger partial charge on any atom is 0.254 e. The van der Waals surface area contributed by atoms with Crippen LogP contribution in [-0.4, -0.2) is 47.6 Å². The minimum absolute atomic E-state index is 0.0785. The lowest BCUT2D eigenvalue weighted by Gasteiger charge is -2.31. The van der Waals surface area contributed by atoms with Crippen molar-refractivity contribution in [3.05, 3.63) is 53.7 Å². The number of pyridine rings is 1. The number of nitrogens with zero attached hydrogens (tertiary/aromatic N) is 7. The Balaban J connectivity index is 1.41. The third kappa shape index (κ3) is 2.98. The highest BCUT2D eigenvalue weighted by Crippen LogP contribution is 2.40. The minimum atomic E-state index is -0.144. The number of nitrogens with two attached hydrogens (primary N) is 1. The Kier molecular flexibility index (Phi) is 4.44. The zero-order valence-corrected chi connectivity index (χ0v) is 19.2. The number of hydrogen-bond acceptors (Lipinski definition) is 7. The van der Waals surface area contributed by atoms with Crippen LogP contribution in [0.3, 0.4) is 0 Å². The van der Waals surface area contributed by atoms with Crippen LogP contribution in [0.1, 0.15) is 40.6 Å². The molecule has 2 N–H and O–H groups in total. The second-order valence-electron chi connectivity index (χ2n) is 8.85. The van der Waals surface area contributed by atoms with Crippen LogP contribution >= 0.6 is 0 Å². The average Bonchev–Trinajstić information content (AvgIpc) is 3.56. The molecule has 1 aromatic carbocycles. The average molecular weight is 457 g/mol. The van der Waals surface area contributed by atoms with Crippen LogP contribution in [0.5, 0.6) is 0 Å². The Morgan fingerprint density at radius 1 is 1.21 bits per heavy atom. The molecule has 4 aromatic heterocycles. The van der Waals surface area contributed by atoms with Crippen molar-refractivity contribution >= 4 is 33.5 Å². The van der Waals surface area contributed by atoms with E-state index in [1.807, 2.05) is 39.5 Å². The van der Waals surface area contributed by atoms with E-state index in [0.29, 0.717) is 11.4 Å². The number of anilines is 1. The van der Waals surface area contributed by atoms with Crippen molar-refractivity contribution in [1.29, 1.82) is 0 Å². The predicted molar refractivity (Wildman–Crippen MR) is 127 cm³/mol. The Hall–Kier alpha value is -4.21. The molecule has 0 saturated carbocycles. The standard InChI is InChI=1S/C24H24N8O2/c1-30-12-14(10-26-30)21-20-18(5-4-6-19(20)34-29-21)31(2)24(33)13-7-8-17-15(9-13)22-16(23(25)28-17)11-27-32(22)3/h7-12,18H,4-6H2,1-3H3,(H2,25,28). The first-order valence-electron chi connectivity index (χ1n) is 11.2. The van der Waals surface area contributed by atoms with Gasteiger partial charge in [0, 0.05) is 55.8 Å². The fraction of sp³-hybridized carbons (Fsp3) is 0.292. The highest BCUT2D eigenvalue weighted by atomic mass is 16.5. The van der Waals surface area contributed by atoms with Crippen molar-refractivity contribution in [3.63, 3.8) is 0 Å². The molecule has 6 rings (SSSR count). The number of fused-ring (bicyclic) bond motifs is 4. The summed E-state index contributed by atoms with van der Waals surface area (Å²) in [5.74, 6) is 1.19. The summed E-state index contributed by atoms with van der Waals surface area (Å²) in [6.45, 7) is 0. The summed E-state index contributed by atoms with van der Waals surface area (Å²) in [6, 6.07) is 5.38. The first-order chi connectivity index (χ1) is 16.4. The highest BCUT2D eigenvalue weighted by Gasteiger charge is 2.34. The van der Waals surface area contributed by atoms with Crippen molar-refractivity contribution in [2.45, 2.75) is 25.3 Å². The van der Waals surface area contributed by atoms with Gasteiger partial charge in [0.2, 0.25) is 0 Å². The second-order valence-corrected chi connectivity index (χ2v) is 8.85. The first-order valence-corrected chi connectivity index (χ1v) is 11.2. The molecular weight excluding hydrogens is 432 g/mol. The molecule has 0 radical (unpaired) electrons. The van der Waals surface area contributed by atoms with E-state index < -0.39 is 0 Å². The fourth-order valence-corrected chi connectivity index (χ4v) is 5.03. The van der Waals surface area contributed by atoms with Crippen molar-refractivity contribution < 1.29 is 9.32 Å². The number of nitrogen functional groups attached to an aromatic ring is 1. The van der Waals surface area contributed by atoms with Gasteiger partial charge in [-0.3, -0.25) is 14.2 Å². The van der Waals surface area contributed by atoms with Crippen LogP contribution in [0.15, 0.2) is 41.3 Å². The summed E-state index contributed by atoms with van der Waals surface area (Å²) in [5, 5.41) is 14.5. The number of rotatable bonds is 3. The predicted octanol–water partition coefficient (Wildman–Crippen LogP) is 3.24. The summed E-state index contributed by atoms with van der Waals surface area (Å²) in [6.07, 6.45) is 7.95. The van der Waals surface area contributed by atoms with Gasteiger partial charge in [-0.25, -0.2) is 4.98 Å². The number of amides is 1. The van der Waals surface area contributed by atoms with Crippen LogP contribution < -0.4 is 5.73 Å². The van der Waals surface area contributed by atoms with Crippen molar-refractivity contribution in [2.75, 3.05) is 12.8 Å². The van der Waals surface area contributed by atoms with E-state index in [1.54, 1.807) is 32.7 Å². The lowest BCUT2D eigenvalue weighted by Crippen LogP contribution is -2.33. The molecule has 1 aliphatic rings. The largest absolute Gasteiger partial charge is 0.383 e. The van der Waals surface area contributed by atoms with Gasteiger partial charge in [-0.15, -0.1) is 0 Å². The van der Waals surface area contributed by atoms with Gasteiger partial charge in [0.05, 0.1) is 34.9 Å². The minimum Gasteiger partial charge on any atom is -0.383 e. The SMILES string of the molecule is CN(C(=O)c1ccc2nc(N)c3cnn(C)c3c2c1)C1CCCc2onc(-c3cnn(C)c3)c21. The van der Waals surface area contributed by atoms with Gasteiger partial charge < -0.3 is 15.2 Å². The van der Waals surface area contributed by atoms with Gasteiger partial charge >= 0.3 is 0 Å². The smallest absolute Gasteiger partial charge is 0.254 e. The lowest BCUT2D eigenvalue weighted by atomic mass is 9.89. The molecule has 4 heterocycles. The number of carbonyl (C=O) groups excluding carboxylic acids is 1. The molecule has 1 unspecified atom stereocenters. The van der Waals surface area contributed by atoms with Gasteiger partial charge in [-0.05, 0) is 31.0 Å². The summed E-state index contributed by atoms with van der Waals surface area (Å²) >= 11 is 0. The summed E-state index contributed by atoms with van der Waals surface area (Å²) in [4.78, 5) is 20.0. The van der Waals surface area contributed by atoms with Crippen LogP contribution in [0.2, 0.25) is 0 Å². The van der Waals surface area contributed by atoms with E-state index in [-0.39, 0.29) is 11.9 Å². The number of benzene rings is 1. The number of aryl methyl sites for hydroxylation is 3. The summed E-state index contributed by atoms with van der Waals surface area (Å²) in [7, 11) is 5.56. The third-order valence-electron chi connectivity index (χ3n) is 6.74. The molecule has 0 bridgehead atoms. The van der Waals surface area contributed by atoms with Crippen molar-refractivity contribution in [2.24, 2.45) is 14.1 Å². The third-order valence-corrected chi connectivity index (χ3v) is 6.74. The van der Waals surface area contributed by atoms with E-state index in [9.17, 15) is 4.79 Å². The number of aromatic nitrogens is 6. The molecule has 1 atom stereocenters. The van der Waals surface area contributed by atoms with E-state index in [0.717, 1.165) is 63.6 Å². The zero-order valence-electron chi connectivity index (χ0n) is 19.2. The van der Waals surface area contributed by atoms with E-state index in [2.05, 4.69) is 20.3 Å². The summed E-state index contributed by atoms with van der Waals surface area (Å²) in [5.41, 5.74) is 10.9. The van der Waals surface area contributed by atoms with Gasteiger partial charge in [0.1, 0.15) is 17.3 Å². The molecule has 0 aliphatic heterocycles. The molecule has 0 spiro atoms. The van der Waals surface area contributed by atoms with E-state index in [4.69, 9.17) is 10.3 Å². The molecule has 34 heavy (non-hydrogen) atoms. The lowest BCUT2D eigenvalue weighted by molar-refractivity contribution is 0.0713. The second kappa shape index (κ2) is 7.41. The van der Waals surface area contributed by atoms with Crippen molar-refractivity contribution in [1.82, 2.24) is 34.6 Å². The normalized spacial score (nSPS) is 15.7. The van der Waals surface area contributed by atoms with Crippen LogP contribution in [-0.2, 0) is 20.5 Å². The topological polar surface area (TPSA) is 121 Å². The maximum absolute atomic E-state index is 13.7. The van der Waals surface area contributed by atoms with Gasteiger partial charge in [-0.2, -0.15) is 10.2 Å². The summed E-state index contributed by atoms with van der Waals surface area (Å²) < 4.78 is 9.18. The Labute approximate surface area is 194 Å². The maximum atomic E-state index is 13.7. The number of carbonyl (C=O) groups is 1. The van der Waals surface area contributed by atoms with Gasteiger partial charge in [-0.1, -0.05) is 5.16 Å². The first kappa shape index (κ1) is 20.4. The molecule has 172 valence electrons. The molecular formula is C24H24N8O2. The number of hydrogen-bond donors (Lipinski definition) is 1. The molecule has 5 aromatic rings. The quantitative estimate of drug-likeness (QED) is 0.442. The van der Waals surface area contributed by atoms with E-state index in [1.165, 1.54) is 0 Å². The monoisotopic (exact) mass is 456 g/mol. The Morgan fingerprint density at radius 2 is 2.06 bits per heavy atom. The molecule has 0 saturated heterocycles. The zero-order chi connectivity index (χ0) is 23.6. The molecule has 1 amide bonds. The molecule has 0 fully saturated rings. The molecule has 1 aliphatic carbocycles. The Morgan fingerprint density at radius 3 is 2.85 bits per heavy atom. The van der Waals surface area contributed by atoms with Crippen LogP contribution in [0, 0.1) is 0 Å². The van der Waals surface area contributed by atoms with Gasteiger partial charge in [0.25, 0.3) is 5.91 Å². The van der Waals surface area contributed by atoms with Crippen molar-refractivity contribution in [3.8, 4) is 11.3 Å². The highest BCUT2D eigenvalue weighted by molar-refractivity contribution is 6.10.